The van der Waals surface area contributed by atoms with Gasteiger partial charge in [-0.25, -0.2) is 9.59 Å². The van der Waals surface area contributed by atoms with Crippen LogP contribution in [0, 0.1) is 0 Å². The van der Waals surface area contributed by atoms with Gasteiger partial charge in [0, 0.05) is 17.3 Å². The van der Waals surface area contributed by atoms with Gasteiger partial charge in [0.05, 0.1) is 66.4 Å². The van der Waals surface area contributed by atoms with Crippen LogP contribution in [0.5, 0.6) is 0 Å². The van der Waals surface area contributed by atoms with Crippen LogP contribution in [0.15, 0.2) is 48.5 Å². The topological polar surface area (TPSA) is 218 Å². The number of esters is 2. The van der Waals surface area contributed by atoms with Crippen LogP contribution in [0.4, 0.5) is 11.4 Å². The van der Waals surface area contributed by atoms with Crippen molar-refractivity contribution in [2.75, 3.05) is 42.4 Å². The zero-order valence-electron chi connectivity index (χ0n) is 26.6. The van der Waals surface area contributed by atoms with Crippen LogP contribution >= 0.6 is 58.9 Å². The maximum absolute atomic E-state index is 13.5. The Labute approximate surface area is 307 Å². The number of nitrogens with two attached hydrogens (primary N) is 2. The molecule has 2 aromatic carbocycles. The molecule has 19 heteroatoms. The lowest BCUT2D eigenvalue weighted by molar-refractivity contribution is -0.146. The maximum atomic E-state index is 13.5. The zero-order chi connectivity index (χ0) is 36.3. The van der Waals surface area contributed by atoms with E-state index in [1.54, 1.807) is 50.2 Å². The highest BCUT2D eigenvalue weighted by molar-refractivity contribution is 8.82. The predicted octanol–water partition coefficient (Wildman–Crippen LogP) is 2.37. The molecule has 0 spiro atoms. The van der Waals surface area contributed by atoms with Gasteiger partial charge in [0.2, 0.25) is 10.2 Å². The Hall–Kier alpha value is -2.91. The summed E-state index contributed by atoms with van der Waals surface area (Å²) in [6.07, 6.45) is 0. The second-order valence-electron chi connectivity index (χ2n) is 9.72. The van der Waals surface area contributed by atoms with Crippen molar-refractivity contribution in [3.05, 3.63) is 59.7 Å². The number of para-hydroxylation sites is 2. The Bertz CT molecular complexity index is 1350. The highest BCUT2D eigenvalue weighted by Crippen LogP contribution is 2.27. The van der Waals surface area contributed by atoms with E-state index in [9.17, 15) is 28.8 Å². The summed E-state index contributed by atoms with van der Waals surface area (Å²) in [6.45, 7) is 2.95. The number of thiol groups is 2. The molecular weight excluding hydrogens is 735 g/mol. The van der Waals surface area contributed by atoms with E-state index in [4.69, 9.17) is 25.1 Å². The average Bonchev–Trinajstić information content (AvgIpc) is 3.10. The van der Waals surface area contributed by atoms with E-state index < -0.39 is 59.6 Å². The molecule has 268 valence electrons. The van der Waals surface area contributed by atoms with E-state index in [2.05, 4.69) is 41.2 Å². The number of carbonyl (C=O) groups is 6. The first kappa shape index (κ1) is 42.3. The van der Waals surface area contributed by atoms with Crippen molar-refractivity contribution in [1.82, 2.24) is 10.6 Å². The zero-order valence-corrected chi connectivity index (χ0v) is 30.9. The second-order valence-corrected chi connectivity index (χ2v) is 13.6. The molecule has 0 fully saturated rings. The minimum absolute atomic E-state index is 0.0128. The lowest BCUT2D eigenvalue weighted by Crippen LogP contribution is -2.45. The molecule has 0 saturated heterocycles. The number of carbonyl (C=O) groups excluding carboxylic acids is 6. The number of hydrogen-bond donors (Lipinski definition) is 7. The first-order valence-corrected chi connectivity index (χ1v) is 19.1. The molecule has 0 aliphatic carbocycles. The van der Waals surface area contributed by atoms with E-state index in [0.717, 1.165) is 21.6 Å². The fourth-order valence-electron chi connectivity index (χ4n) is 3.61. The largest absolute Gasteiger partial charge is 0.464 e. The summed E-state index contributed by atoms with van der Waals surface area (Å²) in [7, 11) is 1.90. The highest BCUT2D eigenvalue weighted by Gasteiger charge is 2.27. The Morgan fingerprint density at radius 2 is 1.20 bits per heavy atom. The fraction of sp³-hybridized carbons (Fsp3) is 0.400. The van der Waals surface area contributed by atoms with Gasteiger partial charge < -0.3 is 41.1 Å². The molecule has 0 aliphatic heterocycles. The third kappa shape index (κ3) is 14.1. The van der Waals surface area contributed by atoms with Gasteiger partial charge in [-0.05, 0) is 48.9 Å². The third-order valence-corrected chi connectivity index (χ3v) is 9.93. The van der Waals surface area contributed by atoms with Crippen LogP contribution < -0.4 is 27.4 Å². The monoisotopic (exact) mass is 773 g/mol. The predicted molar refractivity (Wildman–Crippen MR) is 199 cm³/mol. The molecule has 14 nitrogen and oxygen atoms in total. The van der Waals surface area contributed by atoms with Gasteiger partial charge in [-0.15, -0.1) is 0 Å². The van der Waals surface area contributed by atoms with Gasteiger partial charge in [0.15, 0.2) is 6.04 Å². The van der Waals surface area contributed by atoms with Crippen molar-refractivity contribution in [3.8, 4) is 0 Å². The molecule has 0 heterocycles. The summed E-state index contributed by atoms with van der Waals surface area (Å²) in [6, 6.07) is 8.75. The molecule has 2 rings (SSSR count). The van der Waals surface area contributed by atoms with Gasteiger partial charge in [0.1, 0.15) is 6.04 Å². The first-order chi connectivity index (χ1) is 23.5. The lowest BCUT2D eigenvalue weighted by Gasteiger charge is -2.20. The summed E-state index contributed by atoms with van der Waals surface area (Å²) in [5.41, 5.74) is 12.2. The van der Waals surface area contributed by atoms with Gasteiger partial charge in [-0.1, -0.05) is 35.1 Å². The fourth-order valence-corrected chi connectivity index (χ4v) is 6.80. The number of amides is 2. The molecular formula is C30H39N5O9S5. The molecule has 7 N–H and O–H groups in total. The molecule has 0 aromatic heterocycles. The number of ether oxygens (including phenoxy) is 2. The van der Waals surface area contributed by atoms with E-state index >= 15 is 0 Å². The minimum Gasteiger partial charge on any atom is -0.464 e. The maximum Gasteiger partial charge on any atom is 0.331 e. The summed E-state index contributed by atoms with van der Waals surface area (Å²) < 4.78 is 15.5. The van der Waals surface area contributed by atoms with Crippen LogP contribution in [0.2, 0.25) is 0 Å². The van der Waals surface area contributed by atoms with Crippen molar-refractivity contribution >= 4 is 104 Å². The van der Waals surface area contributed by atoms with E-state index in [1.807, 2.05) is 0 Å². The Kier molecular flexibility index (Phi) is 19.6. The smallest absolute Gasteiger partial charge is 0.331 e. The normalized spacial score (nSPS) is 13.3. The standard InChI is InChI=1S/C30H39N5O9S5/c1-3-42-27(38)23(13-44-48-29(40)19(31)14-45)34-25(36)17-9-5-7-11-21(17)33-22-12-8-6-10-18(22)26(37)35-24(28(39)43-4-2)16-47-49-30(41)20(32)15-46/h5-12,19-20,23-24,33,45-46H,3-4,13-16,31-32H2,1-2H3,(H,34,36)(H,35,37)/t19-,20-,23?,24?/m0/s1. The van der Waals surface area contributed by atoms with E-state index in [1.165, 1.54) is 12.1 Å². The van der Waals surface area contributed by atoms with Crippen molar-refractivity contribution in [2.45, 2.75) is 38.0 Å². The molecule has 2 unspecified atom stereocenters. The number of hydrogen-bond acceptors (Lipinski definition) is 17. The van der Waals surface area contributed by atoms with Crippen LogP contribution in [-0.4, -0.2) is 95.2 Å². The van der Waals surface area contributed by atoms with E-state index in [-0.39, 0.29) is 52.4 Å². The van der Waals surface area contributed by atoms with E-state index in [0.29, 0.717) is 17.7 Å². The highest BCUT2D eigenvalue weighted by atomic mass is 33.1. The van der Waals surface area contributed by atoms with Gasteiger partial charge >= 0.3 is 11.9 Å². The summed E-state index contributed by atoms with van der Waals surface area (Å²) in [5, 5.41) is 7.48. The average molecular weight is 774 g/mol. The molecule has 2 aromatic rings. The summed E-state index contributed by atoms with van der Waals surface area (Å²) in [5.74, 6) is -2.51. The number of nitrogens with one attached hydrogen (secondary N) is 3. The molecule has 4 atom stereocenters. The van der Waals surface area contributed by atoms with Crippen LogP contribution in [-0.2, 0) is 32.8 Å². The minimum atomic E-state index is -1.27. The molecule has 49 heavy (non-hydrogen) atoms. The Morgan fingerprint density at radius 1 is 0.735 bits per heavy atom. The van der Waals surface area contributed by atoms with Crippen molar-refractivity contribution in [1.29, 1.82) is 0 Å². The number of anilines is 2. The Morgan fingerprint density at radius 3 is 1.71 bits per heavy atom. The summed E-state index contributed by atoms with van der Waals surface area (Å²) >= 11 is 8.43. The number of rotatable bonds is 20. The molecule has 0 saturated carbocycles. The number of benzene rings is 2. The molecule has 2 amide bonds. The quantitative estimate of drug-likeness (QED) is 0.0445. The van der Waals surface area contributed by atoms with Gasteiger partial charge in [-0.2, -0.15) is 25.3 Å². The lowest BCUT2D eigenvalue weighted by atomic mass is 10.1. The SMILES string of the molecule is CCOC(=O)C(COSC(=O)[C@@H](N)CS)NC(=O)c1ccccc1Nc1ccccc1C(=O)NC(CSSC(=O)[C@@H](N)CS)C(=O)OCC. The summed E-state index contributed by atoms with van der Waals surface area (Å²) in [4.78, 5) is 76.3. The second kappa shape index (κ2) is 22.7. The Balaban J connectivity index is 2.24. The van der Waals surface area contributed by atoms with Gasteiger partial charge in [-0.3, -0.25) is 19.2 Å². The third-order valence-electron chi connectivity index (χ3n) is 6.12. The van der Waals surface area contributed by atoms with Crippen LogP contribution in [0.25, 0.3) is 0 Å². The van der Waals surface area contributed by atoms with Crippen molar-refractivity contribution < 1.29 is 42.4 Å². The van der Waals surface area contributed by atoms with Gasteiger partial charge in [0.25, 0.3) is 11.8 Å². The van der Waals surface area contributed by atoms with Crippen LogP contribution in [0.3, 0.4) is 0 Å². The first-order valence-electron chi connectivity index (χ1n) is 14.8. The molecule has 0 aliphatic rings. The van der Waals surface area contributed by atoms with Crippen LogP contribution in [0.1, 0.15) is 34.6 Å². The molecule has 0 radical (unpaired) electrons. The molecule has 0 bridgehead atoms. The van der Waals surface area contributed by atoms with Crippen molar-refractivity contribution in [3.63, 3.8) is 0 Å². The van der Waals surface area contributed by atoms with Crippen molar-refractivity contribution in [2.24, 2.45) is 11.5 Å².